The average Bonchev–Trinajstić information content (AvgIpc) is 2.80. The molecule has 0 aliphatic carbocycles. The van der Waals surface area contributed by atoms with Gasteiger partial charge in [0.05, 0.1) is 14.2 Å². The van der Waals surface area contributed by atoms with E-state index in [0.717, 1.165) is 30.3 Å². The zero-order valence-electron chi connectivity index (χ0n) is 18.2. The summed E-state index contributed by atoms with van der Waals surface area (Å²) in [6, 6.07) is 11.5. The van der Waals surface area contributed by atoms with Crippen molar-refractivity contribution in [1.29, 1.82) is 0 Å². The summed E-state index contributed by atoms with van der Waals surface area (Å²) in [6.07, 6.45) is 8.80. The van der Waals surface area contributed by atoms with Crippen LogP contribution in [0.3, 0.4) is 0 Å². The lowest BCUT2D eigenvalue weighted by molar-refractivity contribution is 0.0856. The van der Waals surface area contributed by atoms with Crippen LogP contribution in [0.25, 0.3) is 0 Å². The Balaban J connectivity index is 1.28. The normalized spacial score (nSPS) is 21.3. The number of benzene rings is 1. The number of hydrogen-bond donors (Lipinski definition) is 1. The molecule has 2 aliphatic rings. The molecule has 6 heteroatoms. The van der Waals surface area contributed by atoms with Crippen molar-refractivity contribution in [2.75, 3.05) is 45.7 Å². The highest BCUT2D eigenvalue weighted by molar-refractivity contribution is 5.55. The number of anilines is 1. The second-order valence-corrected chi connectivity index (χ2v) is 8.42. The Bertz CT molecular complexity index is 793. The Kier molecular flexibility index (Phi) is 7.07. The van der Waals surface area contributed by atoms with E-state index < -0.39 is 0 Å². The first-order chi connectivity index (χ1) is 14.7. The molecule has 4 rings (SSSR count). The summed E-state index contributed by atoms with van der Waals surface area (Å²) in [5.74, 6) is 1.54. The molecular weight excluding hydrogens is 376 g/mol. The van der Waals surface area contributed by atoms with Gasteiger partial charge in [-0.25, -0.2) is 0 Å². The topological polar surface area (TPSA) is 49.9 Å². The van der Waals surface area contributed by atoms with Gasteiger partial charge in [-0.1, -0.05) is 6.07 Å². The van der Waals surface area contributed by atoms with Gasteiger partial charge < -0.3 is 14.8 Å². The van der Waals surface area contributed by atoms with E-state index in [1.54, 1.807) is 14.2 Å². The van der Waals surface area contributed by atoms with Crippen LogP contribution < -0.4 is 14.8 Å². The number of rotatable bonds is 7. The molecule has 0 bridgehead atoms. The molecule has 0 radical (unpaired) electrons. The summed E-state index contributed by atoms with van der Waals surface area (Å²) in [5, 5.41) is 3.72. The van der Waals surface area contributed by atoms with Crippen LogP contribution in [-0.2, 0) is 6.54 Å². The van der Waals surface area contributed by atoms with Gasteiger partial charge in [-0.15, -0.1) is 0 Å². The standard InChI is InChI=1S/C24H34N4O2/c1-29-23-8-7-20(15-24(23)30-2)26-21-6-4-12-28(18-21)22-9-13-27(14-10-22)17-19-5-3-11-25-16-19/h3,5,7-8,11,15-16,21-22,26H,4,6,9-10,12-14,17-18H2,1-2H3/t21-/m1/s1. The molecule has 1 aromatic heterocycles. The number of hydrogen-bond acceptors (Lipinski definition) is 6. The van der Waals surface area contributed by atoms with Crippen molar-refractivity contribution < 1.29 is 9.47 Å². The van der Waals surface area contributed by atoms with Gasteiger partial charge in [-0.3, -0.25) is 14.8 Å². The van der Waals surface area contributed by atoms with E-state index in [1.807, 2.05) is 30.6 Å². The minimum atomic E-state index is 0.477. The van der Waals surface area contributed by atoms with Crippen LogP contribution in [-0.4, -0.2) is 67.3 Å². The largest absolute Gasteiger partial charge is 0.493 e. The number of nitrogens with one attached hydrogen (secondary N) is 1. The number of ether oxygens (including phenoxy) is 2. The summed E-state index contributed by atoms with van der Waals surface area (Å²) in [7, 11) is 3.36. The van der Waals surface area contributed by atoms with E-state index in [0.29, 0.717) is 12.1 Å². The molecule has 3 heterocycles. The zero-order chi connectivity index (χ0) is 20.8. The van der Waals surface area contributed by atoms with Crippen LogP contribution in [0, 0.1) is 0 Å². The fourth-order valence-electron chi connectivity index (χ4n) is 4.81. The van der Waals surface area contributed by atoms with Gasteiger partial charge in [0.2, 0.25) is 0 Å². The van der Waals surface area contributed by atoms with Crippen molar-refractivity contribution in [1.82, 2.24) is 14.8 Å². The number of likely N-dealkylation sites (tertiary alicyclic amines) is 2. The highest BCUT2D eigenvalue weighted by atomic mass is 16.5. The van der Waals surface area contributed by atoms with Gasteiger partial charge in [-0.05, 0) is 69.1 Å². The lowest BCUT2D eigenvalue weighted by Gasteiger charge is -2.42. The summed E-state index contributed by atoms with van der Waals surface area (Å²) < 4.78 is 10.8. The number of pyridine rings is 1. The van der Waals surface area contributed by atoms with E-state index in [1.165, 1.54) is 50.9 Å². The second-order valence-electron chi connectivity index (χ2n) is 8.42. The predicted molar refractivity (Wildman–Crippen MR) is 120 cm³/mol. The number of methoxy groups -OCH3 is 2. The van der Waals surface area contributed by atoms with Crippen LogP contribution in [0.4, 0.5) is 5.69 Å². The molecule has 0 unspecified atom stereocenters. The lowest BCUT2D eigenvalue weighted by Crippen LogP contribution is -2.50. The fourth-order valence-corrected chi connectivity index (χ4v) is 4.81. The third-order valence-corrected chi connectivity index (χ3v) is 6.41. The van der Waals surface area contributed by atoms with Crippen molar-refractivity contribution >= 4 is 5.69 Å². The summed E-state index contributed by atoms with van der Waals surface area (Å²) in [5.41, 5.74) is 2.42. The third kappa shape index (κ3) is 5.24. The lowest BCUT2D eigenvalue weighted by atomic mass is 9.97. The molecule has 162 valence electrons. The van der Waals surface area contributed by atoms with Crippen LogP contribution >= 0.6 is 0 Å². The molecule has 6 nitrogen and oxygen atoms in total. The van der Waals surface area contributed by atoms with Crippen LogP contribution in [0.15, 0.2) is 42.7 Å². The fraction of sp³-hybridized carbons (Fsp3) is 0.542. The molecule has 1 atom stereocenters. The number of piperidine rings is 2. The SMILES string of the molecule is COc1ccc(N[C@@H]2CCCN(C3CCN(Cc4cccnc4)CC3)C2)cc1OC. The molecule has 30 heavy (non-hydrogen) atoms. The third-order valence-electron chi connectivity index (χ3n) is 6.41. The molecule has 2 fully saturated rings. The van der Waals surface area contributed by atoms with Crippen LogP contribution in [0.1, 0.15) is 31.2 Å². The van der Waals surface area contributed by atoms with Crippen LogP contribution in [0.5, 0.6) is 11.5 Å². The van der Waals surface area contributed by atoms with Gasteiger partial charge >= 0.3 is 0 Å². The maximum absolute atomic E-state index is 5.45. The number of aromatic nitrogens is 1. The maximum atomic E-state index is 5.45. The molecule has 2 saturated heterocycles. The molecule has 0 saturated carbocycles. The van der Waals surface area contributed by atoms with E-state index in [4.69, 9.17) is 9.47 Å². The summed E-state index contributed by atoms with van der Waals surface area (Å²) in [4.78, 5) is 9.52. The van der Waals surface area contributed by atoms with E-state index in [2.05, 4.69) is 32.2 Å². The molecule has 2 aliphatic heterocycles. The smallest absolute Gasteiger partial charge is 0.162 e. The summed E-state index contributed by atoms with van der Waals surface area (Å²) in [6.45, 7) is 5.69. The molecule has 0 amide bonds. The van der Waals surface area contributed by atoms with Crippen LogP contribution in [0.2, 0.25) is 0 Å². The van der Waals surface area contributed by atoms with Crippen molar-refractivity contribution in [2.24, 2.45) is 0 Å². The molecule has 1 aromatic carbocycles. The molecular formula is C24H34N4O2. The Morgan fingerprint density at radius 3 is 2.60 bits per heavy atom. The van der Waals surface area contributed by atoms with Gasteiger partial charge in [0.15, 0.2) is 11.5 Å². The molecule has 1 N–H and O–H groups in total. The monoisotopic (exact) mass is 410 g/mol. The molecule has 2 aromatic rings. The first-order valence-corrected chi connectivity index (χ1v) is 11.1. The van der Waals surface area contributed by atoms with E-state index >= 15 is 0 Å². The zero-order valence-corrected chi connectivity index (χ0v) is 18.2. The Morgan fingerprint density at radius 2 is 1.87 bits per heavy atom. The van der Waals surface area contributed by atoms with Gasteiger partial charge in [0, 0.05) is 49.3 Å². The Hall–Kier alpha value is -2.31. The van der Waals surface area contributed by atoms with Gasteiger partial charge in [-0.2, -0.15) is 0 Å². The van der Waals surface area contributed by atoms with Crippen molar-refractivity contribution in [2.45, 2.75) is 44.3 Å². The van der Waals surface area contributed by atoms with Gasteiger partial charge in [0.25, 0.3) is 0 Å². The minimum Gasteiger partial charge on any atom is -0.493 e. The summed E-state index contributed by atoms with van der Waals surface area (Å²) >= 11 is 0. The van der Waals surface area contributed by atoms with Gasteiger partial charge in [0.1, 0.15) is 0 Å². The molecule has 0 spiro atoms. The first-order valence-electron chi connectivity index (χ1n) is 11.1. The van der Waals surface area contributed by atoms with E-state index in [9.17, 15) is 0 Å². The Labute approximate surface area is 180 Å². The Morgan fingerprint density at radius 1 is 1.03 bits per heavy atom. The predicted octanol–water partition coefficient (Wildman–Crippen LogP) is 3.64. The minimum absolute atomic E-state index is 0.477. The maximum Gasteiger partial charge on any atom is 0.162 e. The highest BCUT2D eigenvalue weighted by Gasteiger charge is 2.29. The van der Waals surface area contributed by atoms with Crippen molar-refractivity contribution in [3.63, 3.8) is 0 Å². The number of nitrogens with zero attached hydrogens (tertiary/aromatic N) is 3. The second kappa shape index (κ2) is 10.1. The van der Waals surface area contributed by atoms with Crippen molar-refractivity contribution in [3.8, 4) is 11.5 Å². The van der Waals surface area contributed by atoms with Crippen molar-refractivity contribution in [3.05, 3.63) is 48.3 Å². The quantitative estimate of drug-likeness (QED) is 0.752. The first kappa shape index (κ1) is 20.9. The average molecular weight is 411 g/mol. The highest BCUT2D eigenvalue weighted by Crippen LogP contribution is 2.31. The van der Waals surface area contributed by atoms with E-state index in [-0.39, 0.29) is 0 Å².